The summed E-state index contributed by atoms with van der Waals surface area (Å²) in [7, 11) is 2.11. The van der Waals surface area contributed by atoms with Gasteiger partial charge in [-0.25, -0.2) is 0 Å². The highest BCUT2D eigenvalue weighted by atomic mass is 35.5. The summed E-state index contributed by atoms with van der Waals surface area (Å²) in [6.45, 7) is 6.58. The summed E-state index contributed by atoms with van der Waals surface area (Å²) in [5.74, 6) is 0. The Morgan fingerprint density at radius 1 is 1.06 bits per heavy atom. The third-order valence-electron chi connectivity index (χ3n) is 6.86. The van der Waals surface area contributed by atoms with Crippen LogP contribution in [-0.2, 0) is 0 Å². The molecule has 34 heavy (non-hydrogen) atoms. The lowest BCUT2D eigenvalue weighted by Gasteiger charge is -2.41. The fourth-order valence-corrected chi connectivity index (χ4v) is 5.71. The topological polar surface area (TPSA) is 31.4 Å². The molecule has 3 heterocycles. The number of halogens is 2. The molecule has 1 fully saturated rings. The molecule has 1 N–H and O–H groups in total. The molecular weight excluding hydrogens is 483 g/mol. The number of fused-ring (bicyclic) bond motifs is 1. The fraction of sp³-hybridized carbons (Fsp3) is 0.259. The fourth-order valence-electron chi connectivity index (χ4n) is 4.97. The van der Waals surface area contributed by atoms with Crippen molar-refractivity contribution in [3.63, 3.8) is 0 Å². The molecule has 174 valence electrons. The number of allylic oxidation sites excluding steroid dienone is 1. The largest absolute Gasteiger partial charge is 0.365 e. The standard InChI is InChI=1S/C27H26Cl2N4S/c1-16-15-27(2,3)32(4)23-14-21(29)20(13-19(16)23)25-24(22-7-5-6-12-30-22)31-26(34)33(25)18-10-8-17(28)9-11-18/h5-15,24-25H,1-4H3,(H,31,34)/t24-,25-/m1/s1. The summed E-state index contributed by atoms with van der Waals surface area (Å²) in [4.78, 5) is 9.04. The maximum atomic E-state index is 7.04. The lowest BCUT2D eigenvalue weighted by Crippen LogP contribution is -2.42. The van der Waals surface area contributed by atoms with E-state index in [4.69, 9.17) is 35.4 Å². The van der Waals surface area contributed by atoms with Crippen molar-refractivity contribution in [3.05, 3.63) is 93.7 Å². The van der Waals surface area contributed by atoms with Crippen molar-refractivity contribution in [2.75, 3.05) is 16.8 Å². The van der Waals surface area contributed by atoms with Gasteiger partial charge in [0, 0.05) is 40.2 Å². The van der Waals surface area contributed by atoms with Crippen LogP contribution >= 0.6 is 35.4 Å². The normalized spacial score (nSPS) is 21.2. The predicted octanol–water partition coefficient (Wildman–Crippen LogP) is 7.20. The van der Waals surface area contributed by atoms with Gasteiger partial charge < -0.3 is 15.1 Å². The maximum Gasteiger partial charge on any atom is 0.174 e. The molecule has 0 aliphatic carbocycles. The highest BCUT2D eigenvalue weighted by molar-refractivity contribution is 7.80. The number of likely N-dealkylation sites (N-methyl/N-ethyl adjacent to an activating group) is 1. The Labute approximate surface area is 216 Å². The molecule has 0 saturated carbocycles. The summed E-state index contributed by atoms with van der Waals surface area (Å²) in [5.41, 5.74) is 6.30. The molecule has 5 rings (SSSR count). The van der Waals surface area contributed by atoms with Crippen LogP contribution in [0.1, 0.15) is 49.7 Å². The van der Waals surface area contributed by atoms with E-state index in [0.717, 1.165) is 22.6 Å². The lowest BCUT2D eigenvalue weighted by molar-refractivity contribution is 0.567. The second kappa shape index (κ2) is 8.56. The lowest BCUT2D eigenvalue weighted by atomic mass is 9.86. The number of nitrogens with zero attached hydrogens (tertiary/aromatic N) is 3. The number of rotatable bonds is 3. The average molecular weight is 510 g/mol. The Balaban J connectivity index is 1.70. The molecule has 0 amide bonds. The van der Waals surface area contributed by atoms with Gasteiger partial charge in [0.25, 0.3) is 0 Å². The quantitative estimate of drug-likeness (QED) is 0.378. The smallest absolute Gasteiger partial charge is 0.174 e. The molecule has 0 spiro atoms. The monoisotopic (exact) mass is 508 g/mol. The van der Waals surface area contributed by atoms with Crippen LogP contribution in [0.15, 0.2) is 66.9 Å². The molecule has 2 aliphatic rings. The molecule has 1 aromatic heterocycles. The zero-order valence-corrected chi connectivity index (χ0v) is 21.8. The van der Waals surface area contributed by atoms with E-state index >= 15 is 0 Å². The summed E-state index contributed by atoms with van der Waals surface area (Å²) in [5, 5.41) is 5.51. The van der Waals surface area contributed by atoms with E-state index in [9.17, 15) is 0 Å². The van der Waals surface area contributed by atoms with Gasteiger partial charge in [0.05, 0.1) is 23.3 Å². The highest BCUT2D eigenvalue weighted by Gasteiger charge is 2.42. The van der Waals surface area contributed by atoms with Gasteiger partial charge in [-0.05, 0) is 92.7 Å². The number of pyridine rings is 1. The number of hydrogen-bond donors (Lipinski definition) is 1. The molecule has 2 atom stereocenters. The van der Waals surface area contributed by atoms with Crippen LogP contribution in [-0.4, -0.2) is 22.7 Å². The van der Waals surface area contributed by atoms with Gasteiger partial charge in [-0.3, -0.25) is 4.98 Å². The Morgan fingerprint density at radius 2 is 1.79 bits per heavy atom. The van der Waals surface area contributed by atoms with Crippen molar-refractivity contribution >= 4 is 57.5 Å². The first kappa shape index (κ1) is 23.2. The summed E-state index contributed by atoms with van der Waals surface area (Å²) < 4.78 is 0. The number of benzene rings is 2. The number of hydrogen-bond acceptors (Lipinski definition) is 3. The molecule has 3 aromatic rings. The number of nitrogens with one attached hydrogen (secondary N) is 1. The molecule has 7 heteroatoms. The molecular formula is C27H26Cl2N4S. The first-order valence-electron chi connectivity index (χ1n) is 11.2. The van der Waals surface area contributed by atoms with Gasteiger partial charge >= 0.3 is 0 Å². The Morgan fingerprint density at radius 3 is 2.47 bits per heavy atom. The minimum Gasteiger partial charge on any atom is -0.365 e. The van der Waals surface area contributed by atoms with Crippen LogP contribution in [0.3, 0.4) is 0 Å². The minimum atomic E-state index is -0.186. The van der Waals surface area contributed by atoms with Crippen LogP contribution in [0, 0.1) is 0 Å². The molecule has 1 saturated heterocycles. The van der Waals surface area contributed by atoms with Crippen molar-refractivity contribution in [1.29, 1.82) is 0 Å². The Kier molecular flexibility index (Phi) is 5.83. The van der Waals surface area contributed by atoms with Gasteiger partial charge in [-0.1, -0.05) is 35.3 Å². The van der Waals surface area contributed by atoms with Crippen molar-refractivity contribution < 1.29 is 0 Å². The zero-order valence-electron chi connectivity index (χ0n) is 19.5. The number of aromatic nitrogens is 1. The van der Waals surface area contributed by atoms with Crippen molar-refractivity contribution in [2.45, 2.75) is 38.4 Å². The highest BCUT2D eigenvalue weighted by Crippen LogP contribution is 2.47. The SMILES string of the molecule is CC1=CC(C)(C)N(C)c2cc(Cl)c([C@@H]3[C@@H](c4ccccn4)NC(=S)N3c3ccc(Cl)cc3)cc21. The summed E-state index contributed by atoms with van der Waals surface area (Å²) in [6, 6.07) is 17.6. The van der Waals surface area contributed by atoms with Gasteiger partial charge in [-0.15, -0.1) is 0 Å². The maximum absolute atomic E-state index is 7.04. The van der Waals surface area contributed by atoms with E-state index in [1.54, 1.807) is 6.20 Å². The molecule has 2 aliphatic heterocycles. The van der Waals surface area contributed by atoms with Crippen LogP contribution in [0.4, 0.5) is 11.4 Å². The molecule has 0 unspecified atom stereocenters. The number of anilines is 2. The molecule has 0 radical (unpaired) electrons. The van der Waals surface area contributed by atoms with E-state index in [1.807, 2.05) is 42.5 Å². The van der Waals surface area contributed by atoms with E-state index in [-0.39, 0.29) is 17.6 Å². The predicted molar refractivity (Wildman–Crippen MR) is 147 cm³/mol. The zero-order chi connectivity index (χ0) is 24.2. The summed E-state index contributed by atoms with van der Waals surface area (Å²) >= 11 is 19.1. The van der Waals surface area contributed by atoms with E-state index in [2.05, 4.69) is 66.1 Å². The van der Waals surface area contributed by atoms with Crippen LogP contribution in [0.25, 0.3) is 5.57 Å². The van der Waals surface area contributed by atoms with Gasteiger partial charge in [0.2, 0.25) is 0 Å². The second-order valence-electron chi connectivity index (χ2n) is 9.40. The molecule has 2 aromatic carbocycles. The molecule has 4 nitrogen and oxygen atoms in total. The van der Waals surface area contributed by atoms with Crippen molar-refractivity contribution in [2.24, 2.45) is 0 Å². The first-order chi connectivity index (χ1) is 16.2. The van der Waals surface area contributed by atoms with Gasteiger partial charge in [-0.2, -0.15) is 0 Å². The third kappa shape index (κ3) is 3.86. The third-order valence-corrected chi connectivity index (χ3v) is 7.75. The van der Waals surface area contributed by atoms with Crippen LogP contribution in [0.2, 0.25) is 10.0 Å². The first-order valence-corrected chi connectivity index (χ1v) is 12.4. The van der Waals surface area contributed by atoms with Crippen molar-refractivity contribution in [1.82, 2.24) is 10.3 Å². The molecule has 0 bridgehead atoms. The average Bonchev–Trinajstić information content (AvgIpc) is 3.15. The van der Waals surface area contributed by atoms with E-state index in [0.29, 0.717) is 15.2 Å². The van der Waals surface area contributed by atoms with Gasteiger partial charge in [0.15, 0.2) is 5.11 Å². The van der Waals surface area contributed by atoms with Crippen LogP contribution < -0.4 is 15.1 Å². The Hall–Kier alpha value is -2.60. The number of thiocarbonyl (C=S) groups is 1. The Bertz CT molecular complexity index is 1290. The van der Waals surface area contributed by atoms with Gasteiger partial charge in [0.1, 0.15) is 0 Å². The van der Waals surface area contributed by atoms with E-state index in [1.165, 1.54) is 11.1 Å². The summed E-state index contributed by atoms with van der Waals surface area (Å²) in [6.07, 6.45) is 4.11. The van der Waals surface area contributed by atoms with Crippen molar-refractivity contribution in [3.8, 4) is 0 Å². The van der Waals surface area contributed by atoms with Crippen LogP contribution in [0.5, 0.6) is 0 Å². The second-order valence-corrected chi connectivity index (χ2v) is 10.6. The van der Waals surface area contributed by atoms with E-state index < -0.39 is 0 Å². The minimum absolute atomic E-state index is 0.0930.